The summed E-state index contributed by atoms with van der Waals surface area (Å²) in [6, 6.07) is 16.3. The molecule has 2 N–H and O–H groups in total. The molecule has 0 aliphatic carbocycles. The molecule has 0 saturated carbocycles. The number of hydrogen-bond acceptors (Lipinski definition) is 8. The predicted octanol–water partition coefficient (Wildman–Crippen LogP) is 5.99. The molecule has 1 atom stereocenters. The van der Waals surface area contributed by atoms with Crippen molar-refractivity contribution in [2.24, 2.45) is 0 Å². The zero-order chi connectivity index (χ0) is 28.1. The van der Waals surface area contributed by atoms with Crippen molar-refractivity contribution in [3.8, 4) is 5.75 Å². The molecule has 3 heterocycles. The molecule has 2 aromatic carbocycles. The van der Waals surface area contributed by atoms with E-state index < -0.39 is 12.3 Å². The molecule has 4 aromatic rings. The third-order valence-electron chi connectivity index (χ3n) is 6.30. The predicted molar refractivity (Wildman–Crippen MR) is 153 cm³/mol. The molecule has 11 heteroatoms. The Bertz CT molecular complexity index is 1580. The first-order valence-corrected chi connectivity index (χ1v) is 13.0. The number of ether oxygens (including phenoxy) is 2. The van der Waals surface area contributed by atoms with Gasteiger partial charge in [0.05, 0.1) is 16.2 Å². The number of carbonyl (C=O) groups excluding carboxylic acids is 2. The Kier molecular flexibility index (Phi) is 8.07. The number of nitrogens with one attached hydrogen (secondary N) is 2. The van der Waals surface area contributed by atoms with Crippen LogP contribution < -0.4 is 15.4 Å². The third-order valence-corrected chi connectivity index (χ3v) is 6.59. The number of fused-ring (bicyclic) bond motifs is 1. The SMILES string of the molecule is C=CC(=O)N1CCC[C@@H]1OC(=O)Nc1ccc2ncnc(Nc3ccc(OCc4cccc(C)n4)c(Cl)c3)c2c1. The highest BCUT2D eigenvalue weighted by atomic mass is 35.5. The van der Waals surface area contributed by atoms with Gasteiger partial charge in [0.1, 0.15) is 24.5 Å². The lowest BCUT2D eigenvalue weighted by Gasteiger charge is -2.23. The fourth-order valence-electron chi connectivity index (χ4n) is 4.40. The second-order valence-electron chi connectivity index (χ2n) is 9.15. The van der Waals surface area contributed by atoms with Crippen LogP contribution in [0.4, 0.5) is 22.0 Å². The lowest BCUT2D eigenvalue weighted by Crippen LogP contribution is -2.38. The number of rotatable bonds is 8. The van der Waals surface area contributed by atoms with E-state index in [2.05, 4.69) is 32.2 Å². The highest BCUT2D eigenvalue weighted by Crippen LogP contribution is 2.31. The van der Waals surface area contributed by atoms with Crippen molar-refractivity contribution in [2.75, 3.05) is 17.2 Å². The molecule has 0 unspecified atom stereocenters. The van der Waals surface area contributed by atoms with E-state index in [0.29, 0.717) is 58.4 Å². The van der Waals surface area contributed by atoms with Crippen molar-refractivity contribution in [3.63, 3.8) is 0 Å². The smallest absolute Gasteiger partial charge is 0.413 e. The normalized spacial score (nSPS) is 14.6. The van der Waals surface area contributed by atoms with Gasteiger partial charge in [-0.25, -0.2) is 14.8 Å². The van der Waals surface area contributed by atoms with E-state index in [4.69, 9.17) is 21.1 Å². The Labute approximate surface area is 236 Å². The van der Waals surface area contributed by atoms with Gasteiger partial charge in [-0.1, -0.05) is 24.2 Å². The van der Waals surface area contributed by atoms with Gasteiger partial charge in [-0.2, -0.15) is 0 Å². The fraction of sp³-hybridized carbons (Fsp3) is 0.207. The van der Waals surface area contributed by atoms with Crippen LogP contribution in [-0.2, 0) is 16.1 Å². The summed E-state index contributed by atoms with van der Waals surface area (Å²) in [6.07, 6.45) is 2.70. The molecule has 0 radical (unpaired) electrons. The summed E-state index contributed by atoms with van der Waals surface area (Å²) in [7, 11) is 0. The second-order valence-corrected chi connectivity index (χ2v) is 9.55. The summed E-state index contributed by atoms with van der Waals surface area (Å²) in [5.74, 6) is 0.787. The van der Waals surface area contributed by atoms with Crippen LogP contribution in [0.1, 0.15) is 24.2 Å². The number of carbonyl (C=O) groups is 2. The first-order chi connectivity index (χ1) is 19.4. The van der Waals surface area contributed by atoms with Gasteiger partial charge in [0.25, 0.3) is 0 Å². The quantitative estimate of drug-likeness (QED) is 0.253. The summed E-state index contributed by atoms with van der Waals surface area (Å²) in [5, 5.41) is 7.09. The molecule has 2 amide bonds. The number of anilines is 3. The van der Waals surface area contributed by atoms with E-state index in [0.717, 1.165) is 17.8 Å². The monoisotopic (exact) mass is 558 g/mol. The molecule has 40 heavy (non-hydrogen) atoms. The summed E-state index contributed by atoms with van der Waals surface area (Å²) >= 11 is 6.49. The molecule has 0 spiro atoms. The topological polar surface area (TPSA) is 119 Å². The van der Waals surface area contributed by atoms with Crippen molar-refractivity contribution < 1.29 is 19.1 Å². The largest absolute Gasteiger partial charge is 0.486 e. The van der Waals surface area contributed by atoms with E-state index in [1.807, 2.05) is 31.2 Å². The van der Waals surface area contributed by atoms with Crippen LogP contribution in [-0.4, -0.2) is 44.6 Å². The number of hydrogen-bond donors (Lipinski definition) is 2. The summed E-state index contributed by atoms with van der Waals surface area (Å²) in [5.41, 5.74) is 3.58. The maximum absolute atomic E-state index is 12.6. The molecule has 2 aromatic heterocycles. The summed E-state index contributed by atoms with van der Waals surface area (Å²) in [4.78, 5) is 39.2. The Morgan fingerprint density at radius 3 is 2.80 bits per heavy atom. The number of nitrogens with zero attached hydrogens (tertiary/aromatic N) is 4. The van der Waals surface area contributed by atoms with Crippen molar-refractivity contribution in [1.29, 1.82) is 0 Å². The van der Waals surface area contributed by atoms with Crippen molar-refractivity contribution in [3.05, 3.63) is 90.0 Å². The number of likely N-dealkylation sites (tertiary alicyclic amines) is 1. The van der Waals surface area contributed by atoms with Gasteiger partial charge in [-0.05, 0) is 68.0 Å². The van der Waals surface area contributed by atoms with Gasteiger partial charge in [0.2, 0.25) is 5.91 Å². The molecular weight excluding hydrogens is 532 g/mol. The molecule has 10 nitrogen and oxygen atoms in total. The number of pyridine rings is 1. The Morgan fingerprint density at radius 1 is 1.15 bits per heavy atom. The van der Waals surface area contributed by atoms with Crippen LogP contribution in [0.2, 0.25) is 5.02 Å². The summed E-state index contributed by atoms with van der Waals surface area (Å²) < 4.78 is 11.4. The molecule has 1 aliphatic heterocycles. The Balaban J connectivity index is 1.27. The second kappa shape index (κ2) is 12.0. The highest BCUT2D eigenvalue weighted by Gasteiger charge is 2.30. The van der Waals surface area contributed by atoms with E-state index in [-0.39, 0.29) is 5.91 Å². The van der Waals surface area contributed by atoms with E-state index in [1.165, 1.54) is 17.3 Å². The molecule has 0 bridgehead atoms. The average molecular weight is 559 g/mol. The van der Waals surface area contributed by atoms with E-state index in [1.54, 1.807) is 30.3 Å². The van der Waals surface area contributed by atoms with Gasteiger partial charge >= 0.3 is 6.09 Å². The van der Waals surface area contributed by atoms with Gasteiger partial charge in [-0.15, -0.1) is 0 Å². The average Bonchev–Trinajstić information content (AvgIpc) is 3.40. The van der Waals surface area contributed by atoms with Crippen LogP contribution in [0.5, 0.6) is 5.75 Å². The lowest BCUT2D eigenvalue weighted by molar-refractivity contribution is -0.132. The van der Waals surface area contributed by atoms with Crippen LogP contribution in [0.3, 0.4) is 0 Å². The van der Waals surface area contributed by atoms with Gasteiger partial charge in [0, 0.05) is 35.4 Å². The number of amides is 2. The van der Waals surface area contributed by atoms with E-state index in [9.17, 15) is 9.59 Å². The number of halogens is 1. The zero-order valence-corrected chi connectivity index (χ0v) is 22.5. The van der Waals surface area contributed by atoms with Gasteiger partial charge in [-0.3, -0.25) is 15.1 Å². The molecular formula is C29H27ClN6O4. The minimum absolute atomic E-state index is 0.267. The molecule has 1 fully saturated rings. The number of aromatic nitrogens is 3. The summed E-state index contributed by atoms with van der Waals surface area (Å²) in [6.45, 7) is 6.25. The first-order valence-electron chi connectivity index (χ1n) is 12.7. The Morgan fingerprint density at radius 2 is 2.00 bits per heavy atom. The van der Waals surface area contributed by atoms with Crippen LogP contribution in [0.25, 0.3) is 10.9 Å². The van der Waals surface area contributed by atoms with E-state index >= 15 is 0 Å². The Hall–Kier alpha value is -4.70. The van der Waals surface area contributed by atoms with Crippen molar-refractivity contribution >= 4 is 51.7 Å². The number of benzene rings is 2. The van der Waals surface area contributed by atoms with Gasteiger partial charge in [0.15, 0.2) is 6.23 Å². The molecule has 1 aliphatic rings. The third kappa shape index (κ3) is 6.29. The molecule has 1 saturated heterocycles. The molecule has 5 rings (SSSR count). The minimum atomic E-state index is -0.664. The lowest BCUT2D eigenvalue weighted by atomic mass is 10.2. The van der Waals surface area contributed by atoms with Crippen molar-refractivity contribution in [2.45, 2.75) is 32.6 Å². The van der Waals surface area contributed by atoms with Crippen LogP contribution >= 0.6 is 11.6 Å². The highest BCUT2D eigenvalue weighted by molar-refractivity contribution is 6.32. The fourth-order valence-corrected chi connectivity index (χ4v) is 4.63. The molecule has 204 valence electrons. The maximum Gasteiger partial charge on any atom is 0.413 e. The standard InChI is InChI=1S/C29H27ClN6O4/c1-3-26(37)36-13-5-8-27(36)40-29(38)35-19-9-11-24-22(14-19)28(32-17-31-24)34-20-10-12-25(23(30)15-20)39-16-21-7-4-6-18(2)33-21/h3-4,6-7,9-12,14-15,17,27H,1,5,8,13,16H2,2H3,(H,35,38)(H,31,32,34)/t27-/m0/s1. The van der Waals surface area contributed by atoms with Crippen LogP contribution in [0, 0.1) is 6.92 Å². The van der Waals surface area contributed by atoms with Crippen LogP contribution in [0.15, 0.2) is 73.6 Å². The van der Waals surface area contributed by atoms with Crippen molar-refractivity contribution in [1.82, 2.24) is 19.9 Å². The first kappa shape index (κ1) is 26.9. The van der Waals surface area contributed by atoms with Gasteiger partial charge < -0.3 is 19.7 Å². The maximum atomic E-state index is 12.6. The minimum Gasteiger partial charge on any atom is -0.486 e. The number of aryl methyl sites for hydroxylation is 1. The zero-order valence-electron chi connectivity index (χ0n) is 21.8.